The van der Waals surface area contributed by atoms with Crippen LogP contribution in [0.4, 0.5) is 0 Å². The molecular weight excluding hydrogens is 272 g/mol. The monoisotopic (exact) mass is 290 g/mol. The van der Waals surface area contributed by atoms with Crippen LogP contribution in [0.2, 0.25) is 0 Å². The first-order chi connectivity index (χ1) is 9.99. The molecule has 112 valence electrons. The van der Waals surface area contributed by atoms with Crippen molar-refractivity contribution in [3.05, 3.63) is 36.7 Å². The van der Waals surface area contributed by atoms with E-state index in [-0.39, 0.29) is 18.2 Å². The third kappa shape index (κ3) is 3.59. The van der Waals surface area contributed by atoms with Gasteiger partial charge in [-0.05, 0) is 18.9 Å². The number of hydrogen-bond donors (Lipinski definition) is 0. The molecule has 0 aromatic heterocycles. The van der Waals surface area contributed by atoms with Crippen LogP contribution in [0, 0.1) is 0 Å². The van der Waals surface area contributed by atoms with E-state index in [1.54, 1.807) is 17.1 Å². The average molecular weight is 290 g/mol. The molecule has 2 rings (SSSR count). The van der Waals surface area contributed by atoms with E-state index in [0.29, 0.717) is 43.6 Å². The first-order valence-corrected chi connectivity index (χ1v) is 6.86. The van der Waals surface area contributed by atoms with E-state index in [2.05, 4.69) is 13.2 Å². The lowest BCUT2D eigenvalue weighted by Gasteiger charge is -2.25. The van der Waals surface area contributed by atoms with E-state index in [9.17, 15) is 14.4 Å². The van der Waals surface area contributed by atoms with Gasteiger partial charge in [0, 0.05) is 31.5 Å². The Morgan fingerprint density at radius 1 is 1.24 bits per heavy atom. The highest BCUT2D eigenvalue weighted by atomic mass is 16.7. The van der Waals surface area contributed by atoms with Crippen molar-refractivity contribution in [1.82, 2.24) is 9.96 Å². The van der Waals surface area contributed by atoms with E-state index in [1.807, 2.05) is 0 Å². The van der Waals surface area contributed by atoms with E-state index in [0.717, 1.165) is 5.06 Å². The molecule has 6 nitrogen and oxygen atoms in total. The highest BCUT2D eigenvalue weighted by Gasteiger charge is 2.28. The van der Waals surface area contributed by atoms with Crippen LogP contribution in [0.15, 0.2) is 36.7 Å². The van der Waals surface area contributed by atoms with Crippen molar-refractivity contribution in [2.24, 2.45) is 0 Å². The minimum atomic E-state index is -0.503. The van der Waals surface area contributed by atoms with Crippen molar-refractivity contribution in [2.75, 3.05) is 6.54 Å². The summed E-state index contributed by atoms with van der Waals surface area (Å²) in [4.78, 5) is 41.4. The second-order valence-electron chi connectivity index (χ2n) is 4.96. The molecule has 0 aliphatic carbocycles. The third-order valence-corrected chi connectivity index (χ3v) is 3.35. The van der Waals surface area contributed by atoms with Crippen molar-refractivity contribution < 1.29 is 19.2 Å². The van der Waals surface area contributed by atoms with Crippen LogP contribution in [0.25, 0.3) is 0 Å². The Morgan fingerprint density at radius 3 is 2.62 bits per heavy atom. The van der Waals surface area contributed by atoms with Crippen LogP contribution in [0.1, 0.15) is 32.1 Å². The Kier molecular flexibility index (Phi) is 4.57. The maximum Gasteiger partial charge on any atom is 0.333 e. The molecule has 0 aromatic carbocycles. The Bertz CT molecular complexity index is 520. The van der Waals surface area contributed by atoms with E-state index < -0.39 is 5.97 Å². The molecular formula is C15H18N2O4. The largest absolute Gasteiger partial charge is 0.334 e. The smallest absolute Gasteiger partial charge is 0.333 e. The molecule has 0 radical (unpaired) electrons. The molecule has 2 heterocycles. The highest BCUT2D eigenvalue weighted by Crippen LogP contribution is 2.21. The van der Waals surface area contributed by atoms with Gasteiger partial charge in [-0.25, -0.2) is 4.79 Å². The number of rotatable bonds is 5. The van der Waals surface area contributed by atoms with Crippen molar-refractivity contribution in [3.8, 4) is 0 Å². The standard InChI is InChI=1S/C15H18N2O4/c1-11-5-3-6-13(18)16(11)10-4-7-15(20)21-17-12(2)8-9-14(17)19/h3,5H,1-2,4,6-10H2. The van der Waals surface area contributed by atoms with Gasteiger partial charge in [-0.2, -0.15) is 0 Å². The fourth-order valence-corrected chi connectivity index (χ4v) is 2.20. The van der Waals surface area contributed by atoms with Crippen LogP contribution < -0.4 is 0 Å². The van der Waals surface area contributed by atoms with Crippen LogP contribution in [-0.2, 0) is 19.2 Å². The number of allylic oxidation sites excluding steroid dienone is 2. The number of hydrogen-bond acceptors (Lipinski definition) is 4. The number of hydroxylamine groups is 2. The first kappa shape index (κ1) is 15.0. The van der Waals surface area contributed by atoms with Crippen molar-refractivity contribution >= 4 is 17.8 Å². The Hall–Kier alpha value is -2.37. The van der Waals surface area contributed by atoms with Gasteiger partial charge in [0.05, 0.1) is 5.70 Å². The summed E-state index contributed by atoms with van der Waals surface area (Å²) in [5.74, 6) is -0.783. The summed E-state index contributed by atoms with van der Waals surface area (Å²) in [5, 5.41) is 0.968. The molecule has 1 saturated heterocycles. The molecule has 0 N–H and O–H groups in total. The molecule has 0 bridgehead atoms. The van der Waals surface area contributed by atoms with Crippen LogP contribution >= 0.6 is 0 Å². The maximum absolute atomic E-state index is 11.7. The van der Waals surface area contributed by atoms with Gasteiger partial charge in [0.25, 0.3) is 5.91 Å². The first-order valence-electron chi connectivity index (χ1n) is 6.86. The Morgan fingerprint density at radius 2 is 2.00 bits per heavy atom. The summed E-state index contributed by atoms with van der Waals surface area (Å²) in [6, 6.07) is 0. The number of carbonyl (C=O) groups excluding carboxylic acids is 3. The average Bonchev–Trinajstić information content (AvgIpc) is 2.74. The lowest BCUT2D eigenvalue weighted by Crippen LogP contribution is -2.32. The summed E-state index contributed by atoms with van der Waals surface area (Å²) in [6.07, 6.45) is 5.31. The van der Waals surface area contributed by atoms with E-state index in [4.69, 9.17) is 4.84 Å². The fourth-order valence-electron chi connectivity index (χ4n) is 2.20. The van der Waals surface area contributed by atoms with Crippen molar-refractivity contribution in [3.63, 3.8) is 0 Å². The molecule has 1 fully saturated rings. The highest BCUT2D eigenvalue weighted by molar-refractivity contribution is 5.82. The van der Waals surface area contributed by atoms with Gasteiger partial charge in [0.1, 0.15) is 0 Å². The zero-order valence-corrected chi connectivity index (χ0v) is 11.8. The predicted octanol–water partition coefficient (Wildman–Crippen LogP) is 1.66. The summed E-state index contributed by atoms with van der Waals surface area (Å²) in [5.41, 5.74) is 1.13. The minimum absolute atomic E-state index is 0.0287. The molecule has 0 saturated carbocycles. The quantitative estimate of drug-likeness (QED) is 0.772. The zero-order valence-electron chi connectivity index (χ0n) is 11.8. The van der Waals surface area contributed by atoms with Crippen LogP contribution in [-0.4, -0.2) is 34.3 Å². The van der Waals surface area contributed by atoms with Gasteiger partial charge < -0.3 is 9.74 Å². The number of carbonyl (C=O) groups is 3. The van der Waals surface area contributed by atoms with E-state index in [1.165, 1.54) is 0 Å². The predicted molar refractivity (Wildman–Crippen MR) is 75.2 cm³/mol. The van der Waals surface area contributed by atoms with Gasteiger partial charge in [-0.3, -0.25) is 9.59 Å². The Balaban J connectivity index is 1.76. The Labute approximate surface area is 123 Å². The third-order valence-electron chi connectivity index (χ3n) is 3.35. The minimum Gasteiger partial charge on any atom is -0.334 e. The second kappa shape index (κ2) is 6.39. The normalized spacial score (nSPS) is 18.7. The van der Waals surface area contributed by atoms with E-state index >= 15 is 0 Å². The zero-order chi connectivity index (χ0) is 15.4. The van der Waals surface area contributed by atoms with Gasteiger partial charge in [-0.15, -0.1) is 5.06 Å². The molecule has 21 heavy (non-hydrogen) atoms. The molecule has 0 aromatic rings. The molecule has 2 aliphatic heterocycles. The lowest BCUT2D eigenvalue weighted by molar-refractivity contribution is -0.186. The van der Waals surface area contributed by atoms with Crippen molar-refractivity contribution in [2.45, 2.75) is 32.1 Å². The summed E-state index contributed by atoms with van der Waals surface area (Å²) in [7, 11) is 0. The molecule has 2 amide bonds. The second-order valence-corrected chi connectivity index (χ2v) is 4.96. The molecule has 0 unspecified atom stereocenters. The van der Waals surface area contributed by atoms with Crippen molar-refractivity contribution in [1.29, 1.82) is 0 Å². The molecule has 6 heteroatoms. The molecule has 0 spiro atoms. The number of nitrogens with zero attached hydrogens (tertiary/aromatic N) is 2. The number of amides is 2. The van der Waals surface area contributed by atoms with Gasteiger partial charge >= 0.3 is 5.97 Å². The molecule has 2 aliphatic rings. The van der Waals surface area contributed by atoms with Crippen LogP contribution in [0.5, 0.6) is 0 Å². The molecule has 0 atom stereocenters. The van der Waals surface area contributed by atoms with Gasteiger partial charge in [0.2, 0.25) is 5.91 Å². The SMILES string of the molecule is C=C1C=CCC(=O)N1CCCC(=O)ON1C(=C)CCC1=O. The summed E-state index contributed by atoms with van der Waals surface area (Å²) < 4.78 is 0. The fraction of sp³-hybridized carbons (Fsp3) is 0.400. The lowest BCUT2D eigenvalue weighted by atomic mass is 10.2. The van der Waals surface area contributed by atoms with Gasteiger partial charge in [0.15, 0.2) is 0 Å². The van der Waals surface area contributed by atoms with Crippen LogP contribution in [0.3, 0.4) is 0 Å². The maximum atomic E-state index is 11.7. The summed E-state index contributed by atoms with van der Waals surface area (Å²) >= 11 is 0. The topological polar surface area (TPSA) is 66.9 Å². The van der Waals surface area contributed by atoms with Gasteiger partial charge in [-0.1, -0.05) is 19.2 Å². The summed E-state index contributed by atoms with van der Waals surface area (Å²) in [6.45, 7) is 7.86.